The summed E-state index contributed by atoms with van der Waals surface area (Å²) in [6.45, 7) is 0. The van der Waals surface area contributed by atoms with Crippen molar-refractivity contribution in [3.63, 3.8) is 0 Å². The van der Waals surface area contributed by atoms with Gasteiger partial charge in [-0.15, -0.1) is 11.3 Å². The van der Waals surface area contributed by atoms with Crippen molar-refractivity contribution in [2.75, 3.05) is 0 Å². The molecule has 0 radical (unpaired) electrons. The molecule has 0 saturated heterocycles. The number of aliphatic imine (C=N–C) groups is 1. The molecule has 0 unspecified atom stereocenters. The standard InChI is InChI=1S/C19H10F3NO3S/c20-19(21,22)12-4-1-3-11(9-12)15-7-6-13(25-15)10-14-18(24)26-17(23-14)16-5-2-8-27-16/h1-10H/b14-10-. The van der Waals surface area contributed by atoms with Crippen LogP contribution in [0.25, 0.3) is 17.4 Å². The third-order valence-corrected chi connectivity index (χ3v) is 4.59. The van der Waals surface area contributed by atoms with Gasteiger partial charge >= 0.3 is 12.1 Å². The van der Waals surface area contributed by atoms with Crippen LogP contribution in [0.15, 0.2) is 69.0 Å². The number of alkyl halides is 3. The molecule has 0 amide bonds. The maximum Gasteiger partial charge on any atom is 0.416 e. The predicted octanol–water partition coefficient (Wildman–Crippen LogP) is 5.37. The zero-order chi connectivity index (χ0) is 19.0. The Morgan fingerprint density at radius 3 is 2.67 bits per heavy atom. The van der Waals surface area contributed by atoms with Crippen molar-refractivity contribution in [1.82, 2.24) is 0 Å². The number of esters is 1. The molecule has 4 nitrogen and oxygen atoms in total. The van der Waals surface area contributed by atoms with Crippen molar-refractivity contribution in [3.8, 4) is 11.3 Å². The fourth-order valence-corrected chi connectivity index (χ4v) is 3.13. The Morgan fingerprint density at radius 2 is 1.93 bits per heavy atom. The van der Waals surface area contributed by atoms with Gasteiger partial charge in [-0.1, -0.05) is 18.2 Å². The number of thiophene rings is 1. The zero-order valence-electron chi connectivity index (χ0n) is 13.5. The molecule has 0 N–H and O–H groups in total. The summed E-state index contributed by atoms with van der Waals surface area (Å²) < 4.78 is 49.2. The lowest BCUT2D eigenvalue weighted by Crippen LogP contribution is -2.04. The van der Waals surface area contributed by atoms with Crippen LogP contribution >= 0.6 is 11.3 Å². The lowest BCUT2D eigenvalue weighted by molar-refractivity contribution is -0.137. The van der Waals surface area contributed by atoms with Crippen LogP contribution in [0, 0.1) is 0 Å². The van der Waals surface area contributed by atoms with Crippen molar-refractivity contribution < 1.29 is 27.1 Å². The normalized spacial score (nSPS) is 15.9. The third kappa shape index (κ3) is 3.56. The SMILES string of the molecule is O=C1OC(c2cccs2)=N/C1=C\c1ccc(-c2cccc(C(F)(F)F)c2)o1. The minimum Gasteiger partial charge on any atom is -0.457 e. The van der Waals surface area contributed by atoms with Gasteiger partial charge in [0.1, 0.15) is 11.5 Å². The zero-order valence-corrected chi connectivity index (χ0v) is 14.3. The molecule has 0 atom stereocenters. The highest BCUT2D eigenvalue weighted by Gasteiger charge is 2.30. The molecule has 3 aromatic rings. The first-order chi connectivity index (χ1) is 12.9. The van der Waals surface area contributed by atoms with Gasteiger partial charge in [-0.2, -0.15) is 13.2 Å². The molecule has 0 bridgehead atoms. The fraction of sp³-hybridized carbons (Fsp3) is 0.0526. The fourth-order valence-electron chi connectivity index (χ4n) is 2.48. The van der Waals surface area contributed by atoms with Crippen LogP contribution in [-0.2, 0) is 15.7 Å². The van der Waals surface area contributed by atoms with E-state index in [4.69, 9.17) is 9.15 Å². The second-order valence-corrected chi connectivity index (χ2v) is 6.54. The highest BCUT2D eigenvalue weighted by molar-refractivity contribution is 7.12. The highest BCUT2D eigenvalue weighted by Crippen LogP contribution is 2.33. The molecule has 0 aliphatic carbocycles. The smallest absolute Gasteiger partial charge is 0.416 e. The molecule has 3 heterocycles. The summed E-state index contributed by atoms with van der Waals surface area (Å²) in [5, 5.41) is 1.83. The Balaban J connectivity index is 1.62. The van der Waals surface area contributed by atoms with E-state index in [9.17, 15) is 18.0 Å². The van der Waals surface area contributed by atoms with Crippen LogP contribution in [-0.4, -0.2) is 11.9 Å². The Labute approximate surface area is 155 Å². The number of benzene rings is 1. The van der Waals surface area contributed by atoms with E-state index in [0.717, 1.165) is 17.0 Å². The molecule has 0 saturated carbocycles. The van der Waals surface area contributed by atoms with Crippen molar-refractivity contribution >= 4 is 29.3 Å². The number of rotatable bonds is 3. The quantitative estimate of drug-likeness (QED) is 0.447. The van der Waals surface area contributed by atoms with Gasteiger partial charge in [0.25, 0.3) is 0 Å². The maximum absolute atomic E-state index is 12.9. The second-order valence-electron chi connectivity index (χ2n) is 5.59. The summed E-state index contributed by atoms with van der Waals surface area (Å²) in [7, 11) is 0. The molecule has 0 fully saturated rings. The van der Waals surface area contributed by atoms with Crippen LogP contribution < -0.4 is 0 Å². The van der Waals surface area contributed by atoms with E-state index in [1.807, 2.05) is 11.4 Å². The van der Waals surface area contributed by atoms with Crippen LogP contribution in [0.3, 0.4) is 0 Å². The number of carbonyl (C=O) groups is 1. The van der Waals surface area contributed by atoms with Gasteiger partial charge in [-0.3, -0.25) is 0 Å². The highest BCUT2D eigenvalue weighted by atomic mass is 32.1. The molecular formula is C19H10F3NO3S. The number of halogens is 3. The van der Waals surface area contributed by atoms with E-state index in [1.165, 1.54) is 35.6 Å². The van der Waals surface area contributed by atoms with Gasteiger partial charge in [0, 0.05) is 11.6 Å². The largest absolute Gasteiger partial charge is 0.457 e. The average molecular weight is 389 g/mol. The summed E-state index contributed by atoms with van der Waals surface area (Å²) in [5.74, 6) is 0.133. The number of ether oxygens (including phenoxy) is 1. The number of furan rings is 1. The summed E-state index contributed by atoms with van der Waals surface area (Å²) >= 11 is 1.38. The number of hydrogen-bond acceptors (Lipinski definition) is 5. The van der Waals surface area contributed by atoms with Crippen molar-refractivity contribution in [2.24, 2.45) is 4.99 Å². The third-order valence-electron chi connectivity index (χ3n) is 3.73. The summed E-state index contributed by atoms with van der Waals surface area (Å²) in [5.41, 5.74) is -0.421. The first-order valence-electron chi connectivity index (χ1n) is 7.74. The Bertz CT molecular complexity index is 1060. The molecule has 1 aliphatic heterocycles. The van der Waals surface area contributed by atoms with Crippen molar-refractivity contribution in [2.45, 2.75) is 6.18 Å². The molecule has 1 aromatic carbocycles. The van der Waals surface area contributed by atoms with E-state index >= 15 is 0 Å². The molecule has 4 rings (SSSR count). The molecule has 8 heteroatoms. The van der Waals surface area contributed by atoms with Gasteiger partial charge in [0.05, 0.1) is 10.4 Å². The van der Waals surface area contributed by atoms with Gasteiger partial charge in [-0.05, 0) is 35.7 Å². The van der Waals surface area contributed by atoms with Crippen LogP contribution in [0.1, 0.15) is 16.2 Å². The topological polar surface area (TPSA) is 51.8 Å². The van der Waals surface area contributed by atoms with Crippen LogP contribution in [0.2, 0.25) is 0 Å². The first-order valence-corrected chi connectivity index (χ1v) is 8.62. The minimum atomic E-state index is -4.44. The van der Waals surface area contributed by atoms with E-state index in [1.54, 1.807) is 12.1 Å². The van der Waals surface area contributed by atoms with Crippen LogP contribution in [0.5, 0.6) is 0 Å². The Kier molecular flexibility index (Phi) is 4.19. The molecule has 27 heavy (non-hydrogen) atoms. The van der Waals surface area contributed by atoms with Crippen molar-refractivity contribution in [3.05, 3.63) is 75.8 Å². The van der Waals surface area contributed by atoms with E-state index in [0.29, 0.717) is 0 Å². The number of cyclic esters (lactones) is 1. The monoisotopic (exact) mass is 389 g/mol. The second kappa shape index (κ2) is 6.55. The number of hydrogen-bond donors (Lipinski definition) is 0. The summed E-state index contributed by atoms with van der Waals surface area (Å²) in [4.78, 5) is 16.8. The first kappa shape index (κ1) is 17.3. The van der Waals surface area contributed by atoms with E-state index in [-0.39, 0.29) is 28.7 Å². The predicted molar refractivity (Wildman–Crippen MR) is 94.1 cm³/mol. The van der Waals surface area contributed by atoms with Gasteiger partial charge in [-0.25, -0.2) is 9.79 Å². The average Bonchev–Trinajstić information content (AvgIpc) is 3.37. The van der Waals surface area contributed by atoms with Crippen LogP contribution in [0.4, 0.5) is 13.2 Å². The Morgan fingerprint density at radius 1 is 1.07 bits per heavy atom. The van der Waals surface area contributed by atoms with Gasteiger partial charge < -0.3 is 9.15 Å². The molecule has 1 aliphatic rings. The van der Waals surface area contributed by atoms with Gasteiger partial charge in [0.15, 0.2) is 5.70 Å². The van der Waals surface area contributed by atoms with Crippen molar-refractivity contribution in [1.29, 1.82) is 0 Å². The van der Waals surface area contributed by atoms with E-state index < -0.39 is 17.7 Å². The van der Waals surface area contributed by atoms with Gasteiger partial charge in [0.2, 0.25) is 5.90 Å². The maximum atomic E-state index is 12.9. The van der Waals surface area contributed by atoms with E-state index in [2.05, 4.69) is 4.99 Å². The molecule has 136 valence electrons. The number of carbonyl (C=O) groups excluding carboxylic acids is 1. The lowest BCUT2D eigenvalue weighted by Gasteiger charge is -2.07. The lowest BCUT2D eigenvalue weighted by atomic mass is 10.1. The summed E-state index contributed by atoms with van der Waals surface area (Å²) in [6, 6.07) is 11.5. The summed E-state index contributed by atoms with van der Waals surface area (Å²) in [6.07, 6.45) is -3.05. The molecule has 2 aromatic heterocycles. The molecule has 0 spiro atoms. The molecular weight excluding hydrogens is 379 g/mol. The minimum absolute atomic E-state index is 0.0587. The Hall–Kier alpha value is -3.13. The number of nitrogens with zero attached hydrogens (tertiary/aromatic N) is 1.